The predicted molar refractivity (Wildman–Crippen MR) is 113 cm³/mol. The molecule has 0 aliphatic heterocycles. The van der Waals surface area contributed by atoms with Gasteiger partial charge >= 0.3 is 0 Å². The maximum Gasteiger partial charge on any atom is 0.279 e. The first-order valence-electron chi connectivity index (χ1n) is 9.96. The first-order chi connectivity index (χ1) is 15.4. The number of benzene rings is 2. The van der Waals surface area contributed by atoms with Gasteiger partial charge in [-0.15, -0.1) is 0 Å². The lowest BCUT2D eigenvalue weighted by molar-refractivity contribution is -0.128. The van der Waals surface area contributed by atoms with Gasteiger partial charge in [0, 0.05) is 12.5 Å². The van der Waals surface area contributed by atoms with Crippen LogP contribution in [-0.4, -0.2) is 34.7 Å². The molecular weight excluding hydrogens is 416 g/mol. The zero-order chi connectivity index (χ0) is 22.9. The van der Waals surface area contributed by atoms with Crippen LogP contribution < -0.4 is 25.1 Å². The Balaban J connectivity index is 1.44. The van der Waals surface area contributed by atoms with Gasteiger partial charge < -0.3 is 18.7 Å². The van der Waals surface area contributed by atoms with Gasteiger partial charge in [-0.3, -0.25) is 20.4 Å². The number of hydrazine groups is 1. The van der Waals surface area contributed by atoms with Crippen molar-refractivity contribution < 1.29 is 28.3 Å². The van der Waals surface area contributed by atoms with E-state index in [-0.39, 0.29) is 6.61 Å². The number of aromatic nitrogens is 2. The minimum absolute atomic E-state index is 0.144. The first-order valence-corrected chi connectivity index (χ1v) is 9.96. The van der Waals surface area contributed by atoms with E-state index in [0.717, 1.165) is 0 Å². The number of carbonyl (C=O) groups is 2. The molecule has 3 aromatic rings. The number of nitrogens with zero attached hydrogens (tertiary/aromatic N) is 2. The normalized spacial score (nSPS) is 11.3. The fraction of sp³-hybridized carbons (Fsp3) is 0.273. The highest BCUT2D eigenvalue weighted by molar-refractivity contribution is 5.95. The van der Waals surface area contributed by atoms with Crippen LogP contribution in [0.15, 0.2) is 53.1 Å². The maximum atomic E-state index is 12.3. The van der Waals surface area contributed by atoms with E-state index in [1.165, 1.54) is 0 Å². The van der Waals surface area contributed by atoms with E-state index in [2.05, 4.69) is 21.0 Å². The number of amides is 2. The van der Waals surface area contributed by atoms with Gasteiger partial charge in [0.15, 0.2) is 12.7 Å². The molecule has 0 saturated heterocycles. The van der Waals surface area contributed by atoms with E-state index in [1.807, 2.05) is 6.92 Å². The van der Waals surface area contributed by atoms with Crippen molar-refractivity contribution in [1.82, 2.24) is 21.0 Å². The van der Waals surface area contributed by atoms with Gasteiger partial charge in [-0.2, -0.15) is 4.98 Å². The molecule has 0 bridgehead atoms. The van der Waals surface area contributed by atoms with Gasteiger partial charge in [-0.25, -0.2) is 0 Å². The average molecular weight is 440 g/mol. The lowest BCUT2D eigenvalue weighted by atomic mass is 10.2. The Morgan fingerprint density at radius 1 is 0.969 bits per heavy atom. The van der Waals surface area contributed by atoms with Gasteiger partial charge in [0.1, 0.15) is 17.2 Å². The van der Waals surface area contributed by atoms with Crippen LogP contribution in [0.4, 0.5) is 0 Å². The summed E-state index contributed by atoms with van der Waals surface area (Å²) in [4.78, 5) is 28.5. The predicted octanol–water partition coefficient (Wildman–Crippen LogP) is 2.58. The van der Waals surface area contributed by atoms with Gasteiger partial charge in [0.25, 0.3) is 11.8 Å². The second-order valence-corrected chi connectivity index (χ2v) is 6.65. The molecule has 3 rings (SSSR count). The number of carbonyl (C=O) groups excluding carboxylic acids is 2. The van der Waals surface area contributed by atoms with Crippen molar-refractivity contribution in [3.05, 3.63) is 65.8 Å². The summed E-state index contributed by atoms with van der Waals surface area (Å²) in [6, 6.07) is 13.3. The Morgan fingerprint density at radius 2 is 1.59 bits per heavy atom. The first kappa shape index (κ1) is 22.6. The number of aryl methyl sites for hydroxylation is 1. The van der Waals surface area contributed by atoms with Crippen LogP contribution >= 0.6 is 0 Å². The summed E-state index contributed by atoms with van der Waals surface area (Å²) < 4.78 is 21.3. The second kappa shape index (κ2) is 10.8. The van der Waals surface area contributed by atoms with Crippen LogP contribution in [0.25, 0.3) is 0 Å². The van der Waals surface area contributed by atoms with Crippen molar-refractivity contribution in [2.45, 2.75) is 33.5 Å². The molecule has 10 nitrogen and oxygen atoms in total. The average Bonchev–Trinajstić information content (AvgIpc) is 3.22. The second-order valence-electron chi connectivity index (χ2n) is 6.65. The van der Waals surface area contributed by atoms with Gasteiger partial charge in [0.05, 0.1) is 6.61 Å². The van der Waals surface area contributed by atoms with Crippen LogP contribution in [0.2, 0.25) is 0 Å². The van der Waals surface area contributed by atoms with E-state index in [1.54, 1.807) is 62.4 Å². The van der Waals surface area contributed by atoms with E-state index in [0.29, 0.717) is 41.1 Å². The Labute approximate surface area is 184 Å². The third kappa shape index (κ3) is 6.46. The maximum absolute atomic E-state index is 12.3. The number of hydrogen-bond donors (Lipinski definition) is 2. The summed E-state index contributed by atoms with van der Waals surface area (Å²) in [5.74, 6) is 1.66. The highest BCUT2D eigenvalue weighted by Gasteiger charge is 2.16. The Bertz CT molecular complexity index is 1030. The lowest BCUT2D eigenvalue weighted by Crippen LogP contribution is -2.47. The van der Waals surface area contributed by atoms with Crippen LogP contribution in [0.1, 0.15) is 35.9 Å². The van der Waals surface area contributed by atoms with Gasteiger partial charge in [0.2, 0.25) is 11.7 Å². The molecule has 2 N–H and O–H groups in total. The fourth-order valence-corrected chi connectivity index (χ4v) is 2.58. The summed E-state index contributed by atoms with van der Waals surface area (Å²) in [5.41, 5.74) is 5.05. The molecule has 2 amide bonds. The molecule has 0 spiro atoms. The molecule has 2 aromatic carbocycles. The third-order valence-electron chi connectivity index (χ3n) is 4.17. The summed E-state index contributed by atoms with van der Waals surface area (Å²) >= 11 is 0. The van der Waals surface area contributed by atoms with Gasteiger partial charge in [-0.05, 0) is 62.4 Å². The minimum Gasteiger partial charge on any atom is -0.494 e. The molecule has 0 fully saturated rings. The molecule has 0 aliphatic rings. The van der Waals surface area contributed by atoms with Crippen LogP contribution in [0.5, 0.6) is 17.2 Å². The van der Waals surface area contributed by atoms with Crippen molar-refractivity contribution in [1.29, 1.82) is 0 Å². The van der Waals surface area contributed by atoms with E-state index >= 15 is 0 Å². The minimum atomic E-state index is -0.821. The molecule has 0 radical (unpaired) electrons. The molecule has 1 unspecified atom stereocenters. The quantitative estimate of drug-likeness (QED) is 0.487. The highest BCUT2D eigenvalue weighted by atomic mass is 16.5. The molecule has 1 heterocycles. The van der Waals surface area contributed by atoms with Crippen LogP contribution in [-0.2, 0) is 11.4 Å². The topological polar surface area (TPSA) is 125 Å². The van der Waals surface area contributed by atoms with E-state index in [4.69, 9.17) is 18.7 Å². The van der Waals surface area contributed by atoms with Crippen LogP contribution in [0.3, 0.4) is 0 Å². The molecule has 32 heavy (non-hydrogen) atoms. The molecule has 10 heteroatoms. The van der Waals surface area contributed by atoms with Gasteiger partial charge in [-0.1, -0.05) is 5.16 Å². The third-order valence-corrected chi connectivity index (χ3v) is 4.17. The largest absolute Gasteiger partial charge is 0.494 e. The zero-order valence-corrected chi connectivity index (χ0v) is 18.0. The molecule has 168 valence electrons. The lowest BCUT2D eigenvalue weighted by Gasteiger charge is -2.15. The van der Waals surface area contributed by atoms with Crippen molar-refractivity contribution in [3.8, 4) is 17.2 Å². The van der Waals surface area contributed by atoms with E-state index < -0.39 is 17.9 Å². The van der Waals surface area contributed by atoms with Crippen LogP contribution in [0, 0.1) is 6.92 Å². The fourth-order valence-electron chi connectivity index (χ4n) is 2.58. The molecule has 0 aliphatic carbocycles. The van der Waals surface area contributed by atoms with Crippen molar-refractivity contribution in [2.24, 2.45) is 0 Å². The number of nitrogens with one attached hydrogen (secondary N) is 2. The molecule has 0 saturated carbocycles. The standard InChI is InChI=1S/C22H24N4O6/c1-4-29-17-9-11-19(12-10-17)31-14(2)21(27)24-25-22(28)16-5-7-18(8-6-16)30-13-20-23-15(3)32-26-20/h5-12,14H,4,13H2,1-3H3,(H,24,27)(H,25,28). The molecule has 1 atom stereocenters. The Kier molecular flexibility index (Phi) is 7.63. The number of hydrogen-bond acceptors (Lipinski definition) is 8. The Hall–Kier alpha value is -4.08. The summed E-state index contributed by atoms with van der Waals surface area (Å²) in [6.07, 6.45) is -0.821. The van der Waals surface area contributed by atoms with Crippen molar-refractivity contribution in [3.63, 3.8) is 0 Å². The Morgan fingerprint density at radius 3 is 2.22 bits per heavy atom. The summed E-state index contributed by atoms with van der Waals surface area (Å²) in [7, 11) is 0. The number of ether oxygens (including phenoxy) is 3. The summed E-state index contributed by atoms with van der Waals surface area (Å²) in [6.45, 7) is 5.87. The van der Waals surface area contributed by atoms with Crippen molar-refractivity contribution in [2.75, 3.05) is 6.61 Å². The van der Waals surface area contributed by atoms with E-state index in [9.17, 15) is 9.59 Å². The summed E-state index contributed by atoms with van der Waals surface area (Å²) in [5, 5.41) is 3.74. The highest BCUT2D eigenvalue weighted by Crippen LogP contribution is 2.18. The SMILES string of the molecule is CCOc1ccc(OC(C)C(=O)NNC(=O)c2ccc(OCc3noc(C)n3)cc2)cc1. The van der Waals surface area contributed by atoms with Crippen molar-refractivity contribution >= 4 is 11.8 Å². The monoisotopic (exact) mass is 440 g/mol. The smallest absolute Gasteiger partial charge is 0.279 e. The molecule has 1 aromatic heterocycles. The number of rotatable bonds is 9. The molecular formula is C22H24N4O6. The zero-order valence-electron chi connectivity index (χ0n) is 18.0.